The SMILES string of the molecule is CCC1C=C(C(C)C)C(C(C)C)=C1O[Si](C)(C)C. The van der Waals surface area contributed by atoms with Gasteiger partial charge in [0.2, 0.25) is 8.32 Å². The van der Waals surface area contributed by atoms with Gasteiger partial charge in [-0.15, -0.1) is 0 Å². The van der Waals surface area contributed by atoms with Crippen LogP contribution >= 0.6 is 0 Å². The molecule has 0 heterocycles. The molecule has 1 nitrogen and oxygen atoms in total. The topological polar surface area (TPSA) is 9.23 Å². The van der Waals surface area contributed by atoms with Gasteiger partial charge < -0.3 is 4.43 Å². The molecule has 104 valence electrons. The maximum atomic E-state index is 6.42. The van der Waals surface area contributed by atoms with E-state index in [0.717, 1.165) is 6.42 Å². The van der Waals surface area contributed by atoms with Crippen molar-refractivity contribution in [2.75, 3.05) is 0 Å². The van der Waals surface area contributed by atoms with Crippen molar-refractivity contribution in [1.82, 2.24) is 0 Å². The van der Waals surface area contributed by atoms with E-state index in [-0.39, 0.29) is 0 Å². The first kappa shape index (κ1) is 15.6. The first-order valence-corrected chi connectivity index (χ1v) is 10.7. The van der Waals surface area contributed by atoms with E-state index in [1.165, 1.54) is 16.9 Å². The highest BCUT2D eigenvalue weighted by Gasteiger charge is 2.32. The third-order valence-electron chi connectivity index (χ3n) is 3.35. The van der Waals surface area contributed by atoms with Crippen molar-refractivity contribution in [2.45, 2.75) is 60.7 Å². The van der Waals surface area contributed by atoms with Crippen LogP contribution < -0.4 is 0 Å². The van der Waals surface area contributed by atoms with E-state index < -0.39 is 8.32 Å². The highest BCUT2D eigenvalue weighted by Crippen LogP contribution is 2.42. The Hall–Kier alpha value is -0.503. The molecule has 0 aliphatic heterocycles. The molecule has 2 heteroatoms. The van der Waals surface area contributed by atoms with E-state index in [9.17, 15) is 0 Å². The van der Waals surface area contributed by atoms with Crippen LogP contribution in [-0.4, -0.2) is 8.32 Å². The van der Waals surface area contributed by atoms with Gasteiger partial charge in [-0.25, -0.2) is 0 Å². The molecule has 0 fully saturated rings. The van der Waals surface area contributed by atoms with Gasteiger partial charge in [0.25, 0.3) is 0 Å². The van der Waals surface area contributed by atoms with Gasteiger partial charge in [-0.1, -0.05) is 40.7 Å². The molecule has 1 aliphatic rings. The van der Waals surface area contributed by atoms with Gasteiger partial charge in [0, 0.05) is 5.92 Å². The molecule has 1 aliphatic carbocycles. The summed E-state index contributed by atoms with van der Waals surface area (Å²) in [5, 5.41) is 0. The molecule has 1 rings (SSSR count). The summed E-state index contributed by atoms with van der Waals surface area (Å²) in [5.74, 6) is 2.95. The van der Waals surface area contributed by atoms with Gasteiger partial charge in [-0.2, -0.15) is 0 Å². The van der Waals surface area contributed by atoms with Crippen molar-refractivity contribution in [3.63, 3.8) is 0 Å². The summed E-state index contributed by atoms with van der Waals surface area (Å²) < 4.78 is 6.42. The Morgan fingerprint density at radius 2 is 1.67 bits per heavy atom. The van der Waals surface area contributed by atoms with Crippen LogP contribution in [0.1, 0.15) is 41.0 Å². The van der Waals surface area contributed by atoms with E-state index >= 15 is 0 Å². The molecule has 0 spiro atoms. The van der Waals surface area contributed by atoms with Crippen LogP contribution in [0, 0.1) is 17.8 Å². The molecular formula is C16H30OSi. The lowest BCUT2D eigenvalue weighted by molar-refractivity contribution is 0.359. The maximum absolute atomic E-state index is 6.42. The third-order valence-corrected chi connectivity index (χ3v) is 4.18. The minimum atomic E-state index is -1.52. The Kier molecular flexibility index (Phi) is 4.88. The molecule has 0 aromatic carbocycles. The van der Waals surface area contributed by atoms with Gasteiger partial charge in [-0.3, -0.25) is 0 Å². The van der Waals surface area contributed by atoms with E-state index in [2.05, 4.69) is 60.3 Å². The average molecular weight is 267 g/mol. The third kappa shape index (κ3) is 3.50. The summed E-state index contributed by atoms with van der Waals surface area (Å²) in [6.45, 7) is 18.2. The minimum Gasteiger partial charge on any atom is -0.547 e. The summed E-state index contributed by atoms with van der Waals surface area (Å²) in [6.07, 6.45) is 3.60. The molecule has 18 heavy (non-hydrogen) atoms. The Balaban J connectivity index is 3.20. The molecule has 1 atom stereocenters. The second-order valence-corrected chi connectivity index (χ2v) is 11.4. The zero-order valence-corrected chi connectivity index (χ0v) is 14.4. The Morgan fingerprint density at radius 1 is 1.11 bits per heavy atom. The quantitative estimate of drug-likeness (QED) is 0.608. The lowest BCUT2D eigenvalue weighted by atomic mass is 9.90. The van der Waals surface area contributed by atoms with Crippen LogP contribution in [0.25, 0.3) is 0 Å². The molecule has 0 amide bonds. The van der Waals surface area contributed by atoms with Gasteiger partial charge in [0.15, 0.2) is 0 Å². The molecule has 0 saturated heterocycles. The molecule has 0 bridgehead atoms. The molecule has 0 saturated carbocycles. The summed E-state index contributed by atoms with van der Waals surface area (Å²) in [4.78, 5) is 0. The fourth-order valence-electron chi connectivity index (χ4n) is 2.61. The smallest absolute Gasteiger partial charge is 0.241 e. The number of rotatable bonds is 5. The van der Waals surface area contributed by atoms with Crippen molar-refractivity contribution in [1.29, 1.82) is 0 Å². The van der Waals surface area contributed by atoms with Crippen molar-refractivity contribution in [2.24, 2.45) is 17.8 Å². The highest BCUT2D eigenvalue weighted by atomic mass is 28.4. The van der Waals surface area contributed by atoms with Crippen molar-refractivity contribution in [3.05, 3.63) is 23.0 Å². The number of allylic oxidation sites excluding steroid dienone is 3. The van der Waals surface area contributed by atoms with Crippen LogP contribution in [0.4, 0.5) is 0 Å². The molecule has 0 radical (unpaired) electrons. The fourth-order valence-corrected chi connectivity index (χ4v) is 3.53. The molecule has 1 unspecified atom stereocenters. The number of hydrogen-bond donors (Lipinski definition) is 0. The molecular weight excluding hydrogens is 236 g/mol. The van der Waals surface area contributed by atoms with Crippen LogP contribution in [0.5, 0.6) is 0 Å². The monoisotopic (exact) mass is 266 g/mol. The normalized spacial score (nSPS) is 21.0. The van der Waals surface area contributed by atoms with Gasteiger partial charge in [0.1, 0.15) is 0 Å². The largest absolute Gasteiger partial charge is 0.547 e. The van der Waals surface area contributed by atoms with Crippen LogP contribution in [0.3, 0.4) is 0 Å². The molecule has 0 aromatic heterocycles. The van der Waals surface area contributed by atoms with Crippen molar-refractivity contribution < 1.29 is 4.43 Å². The molecule has 0 aromatic rings. The molecule has 0 N–H and O–H groups in total. The lowest BCUT2D eigenvalue weighted by Crippen LogP contribution is -2.27. The Labute approximate surface area is 114 Å². The first-order chi connectivity index (χ1) is 8.17. The van der Waals surface area contributed by atoms with E-state index in [1.54, 1.807) is 0 Å². The van der Waals surface area contributed by atoms with E-state index in [4.69, 9.17) is 4.43 Å². The summed E-state index contributed by atoms with van der Waals surface area (Å²) in [7, 11) is -1.52. The fraction of sp³-hybridized carbons (Fsp3) is 0.750. The van der Waals surface area contributed by atoms with Crippen LogP contribution in [0.2, 0.25) is 19.6 Å². The standard InChI is InChI=1S/C16H30OSi/c1-9-13-10-14(11(2)3)15(12(4)5)16(13)17-18(6,7)8/h10-13H,9H2,1-8H3. The predicted octanol–water partition coefficient (Wildman–Crippen LogP) is 5.37. The first-order valence-electron chi connectivity index (χ1n) is 7.32. The Morgan fingerprint density at radius 3 is 2.00 bits per heavy atom. The highest BCUT2D eigenvalue weighted by molar-refractivity contribution is 6.70. The van der Waals surface area contributed by atoms with E-state index in [1.807, 2.05) is 0 Å². The predicted molar refractivity (Wildman–Crippen MR) is 83.0 cm³/mol. The maximum Gasteiger partial charge on any atom is 0.241 e. The zero-order chi connectivity index (χ0) is 14.1. The zero-order valence-electron chi connectivity index (χ0n) is 13.4. The van der Waals surface area contributed by atoms with E-state index in [0.29, 0.717) is 17.8 Å². The summed E-state index contributed by atoms with van der Waals surface area (Å²) >= 11 is 0. The second kappa shape index (κ2) is 5.64. The average Bonchev–Trinajstić information content (AvgIpc) is 2.53. The van der Waals surface area contributed by atoms with Gasteiger partial charge in [-0.05, 0) is 49.0 Å². The summed E-state index contributed by atoms with van der Waals surface area (Å²) in [5.41, 5.74) is 3.00. The minimum absolute atomic E-state index is 0.506. The second-order valence-electron chi connectivity index (χ2n) is 6.94. The van der Waals surface area contributed by atoms with Gasteiger partial charge in [0.05, 0.1) is 5.76 Å². The number of hydrogen-bond acceptors (Lipinski definition) is 1. The Bertz CT molecular complexity index is 356. The van der Waals surface area contributed by atoms with Gasteiger partial charge >= 0.3 is 0 Å². The summed E-state index contributed by atoms with van der Waals surface area (Å²) in [6, 6.07) is 0. The lowest BCUT2D eigenvalue weighted by Gasteiger charge is -2.27. The van der Waals surface area contributed by atoms with Crippen molar-refractivity contribution in [3.8, 4) is 0 Å². The van der Waals surface area contributed by atoms with Crippen LogP contribution in [-0.2, 0) is 4.43 Å². The van der Waals surface area contributed by atoms with Crippen molar-refractivity contribution >= 4 is 8.32 Å². The van der Waals surface area contributed by atoms with Crippen LogP contribution in [0.15, 0.2) is 23.0 Å².